The Morgan fingerprint density at radius 2 is 2.44 bits per heavy atom. The minimum Gasteiger partial charge on any atom is -0.395 e. The van der Waals surface area contributed by atoms with Gasteiger partial charge in [-0.15, -0.1) is 11.8 Å². The maximum atomic E-state index is 11.6. The molecule has 3 atom stereocenters. The predicted octanol–water partition coefficient (Wildman–Crippen LogP) is -1.53. The van der Waals surface area contributed by atoms with E-state index >= 15 is 0 Å². The van der Waals surface area contributed by atoms with E-state index in [1.54, 1.807) is 0 Å². The molecule has 2 heterocycles. The number of carbonyl (C=O) groups is 1. The Morgan fingerprint density at radius 3 is 3.00 bits per heavy atom. The van der Waals surface area contributed by atoms with Crippen LogP contribution in [0.15, 0.2) is 4.99 Å². The average Bonchev–Trinajstić information content (AvgIpc) is 2.59. The lowest BCUT2D eigenvalue weighted by atomic mass is 10.2. The van der Waals surface area contributed by atoms with Crippen molar-refractivity contribution in [2.24, 2.45) is 10.7 Å². The summed E-state index contributed by atoms with van der Waals surface area (Å²) in [6.07, 6.45) is -0.144. The Labute approximate surface area is 96.7 Å². The number of nitrogens with zero attached hydrogens (tertiary/aromatic N) is 2. The molecule has 0 spiro atoms. The zero-order valence-corrected chi connectivity index (χ0v) is 9.35. The lowest BCUT2D eigenvalue weighted by Gasteiger charge is -2.29. The third-order valence-electron chi connectivity index (χ3n) is 2.62. The normalized spacial score (nSPS) is 34.9. The molecule has 0 aromatic heterocycles. The third kappa shape index (κ3) is 2.08. The van der Waals surface area contributed by atoms with Crippen molar-refractivity contribution < 1.29 is 15.0 Å². The van der Waals surface area contributed by atoms with E-state index in [0.29, 0.717) is 6.42 Å². The van der Waals surface area contributed by atoms with Crippen molar-refractivity contribution in [2.75, 3.05) is 13.3 Å². The van der Waals surface area contributed by atoms with Crippen LogP contribution in [0.1, 0.15) is 6.42 Å². The van der Waals surface area contributed by atoms with Gasteiger partial charge in [-0.05, 0) is 0 Å². The summed E-state index contributed by atoms with van der Waals surface area (Å²) in [5, 5.41) is 20.7. The first-order valence-corrected chi connectivity index (χ1v) is 5.88. The quantitative estimate of drug-likeness (QED) is 0.472. The van der Waals surface area contributed by atoms with Crippen LogP contribution >= 0.6 is 11.8 Å². The summed E-state index contributed by atoms with van der Waals surface area (Å²) in [6, 6.07) is -0.309. The third-order valence-corrected chi connectivity index (χ3v) is 4.19. The Hall–Kier alpha value is -0.990. The Balaban J connectivity index is 2.02. The molecule has 1 fully saturated rings. The highest BCUT2D eigenvalue weighted by atomic mass is 32.2. The van der Waals surface area contributed by atoms with Gasteiger partial charge < -0.3 is 15.9 Å². The molecule has 0 aliphatic carbocycles. The lowest BCUT2D eigenvalue weighted by Crippen LogP contribution is -2.53. The van der Waals surface area contributed by atoms with E-state index in [0.717, 1.165) is 0 Å². The van der Waals surface area contributed by atoms with Gasteiger partial charge in [-0.3, -0.25) is 10.2 Å². The number of hydrogen-bond donors (Lipinski definition) is 4. The molecular weight excluding hydrogens is 232 g/mol. The molecule has 2 aliphatic rings. The van der Waals surface area contributed by atoms with Gasteiger partial charge in [0.15, 0.2) is 5.96 Å². The maximum absolute atomic E-state index is 11.6. The van der Waals surface area contributed by atoms with Crippen molar-refractivity contribution in [2.45, 2.75) is 23.1 Å². The second kappa shape index (κ2) is 4.48. The monoisotopic (exact) mass is 246 g/mol. The predicted molar refractivity (Wildman–Crippen MR) is 59.7 cm³/mol. The standard InChI is InChI=1S/C8H14N4O3S/c9-7-10-3-12(8(15)11-7)6-1-4(14)5(2-13)16-6/h4-6,13-14H,1-3H2,(H3,9,10,11,15)/t4-,5?,6-/m1/s1. The average molecular weight is 246 g/mol. The molecule has 2 rings (SSSR count). The molecule has 90 valence electrons. The molecule has 7 nitrogen and oxygen atoms in total. The van der Waals surface area contributed by atoms with Gasteiger partial charge in [-0.2, -0.15) is 0 Å². The Morgan fingerprint density at radius 1 is 1.69 bits per heavy atom. The van der Waals surface area contributed by atoms with Gasteiger partial charge in [0, 0.05) is 6.42 Å². The molecule has 1 unspecified atom stereocenters. The van der Waals surface area contributed by atoms with Crippen LogP contribution in [0.3, 0.4) is 0 Å². The van der Waals surface area contributed by atoms with Crippen LogP contribution in [-0.2, 0) is 0 Å². The molecule has 2 amide bonds. The second-order valence-corrected chi connectivity index (χ2v) is 5.12. The highest BCUT2D eigenvalue weighted by Gasteiger charge is 2.39. The minimum atomic E-state index is -0.587. The van der Waals surface area contributed by atoms with Crippen LogP contribution in [0.2, 0.25) is 0 Å². The number of nitrogens with two attached hydrogens (primary N) is 1. The van der Waals surface area contributed by atoms with Gasteiger partial charge in [0.2, 0.25) is 0 Å². The van der Waals surface area contributed by atoms with E-state index in [2.05, 4.69) is 10.3 Å². The van der Waals surface area contributed by atoms with E-state index in [4.69, 9.17) is 10.8 Å². The molecular formula is C8H14N4O3S. The highest BCUT2D eigenvalue weighted by Crippen LogP contribution is 2.36. The van der Waals surface area contributed by atoms with E-state index in [-0.39, 0.29) is 35.9 Å². The Bertz CT molecular complexity index is 324. The molecule has 0 bridgehead atoms. The van der Waals surface area contributed by atoms with Crippen molar-refractivity contribution >= 4 is 23.8 Å². The van der Waals surface area contributed by atoms with E-state index in [9.17, 15) is 9.90 Å². The summed E-state index contributed by atoms with van der Waals surface area (Å²) in [5.74, 6) is 0.114. The first-order chi connectivity index (χ1) is 7.61. The molecule has 2 aliphatic heterocycles. The second-order valence-electron chi connectivity index (χ2n) is 3.70. The van der Waals surface area contributed by atoms with E-state index in [1.807, 2.05) is 0 Å². The molecule has 0 aromatic rings. The summed E-state index contributed by atoms with van der Waals surface area (Å²) in [5.41, 5.74) is 5.36. The number of hydrogen-bond acceptors (Lipinski definition) is 6. The number of rotatable bonds is 2. The van der Waals surface area contributed by atoms with Crippen LogP contribution in [0.4, 0.5) is 4.79 Å². The summed E-state index contributed by atoms with van der Waals surface area (Å²) >= 11 is 1.39. The molecule has 0 radical (unpaired) electrons. The fraction of sp³-hybridized carbons (Fsp3) is 0.750. The number of urea groups is 1. The molecule has 5 N–H and O–H groups in total. The molecule has 1 saturated heterocycles. The molecule has 16 heavy (non-hydrogen) atoms. The zero-order valence-electron chi connectivity index (χ0n) is 8.54. The number of aliphatic hydroxyl groups excluding tert-OH is 2. The van der Waals surface area contributed by atoms with Crippen LogP contribution < -0.4 is 11.1 Å². The summed E-state index contributed by atoms with van der Waals surface area (Å²) < 4.78 is 0. The van der Waals surface area contributed by atoms with E-state index in [1.165, 1.54) is 16.7 Å². The number of guanidine groups is 1. The maximum Gasteiger partial charge on any atom is 0.326 e. The molecule has 0 saturated carbocycles. The number of aliphatic hydroxyl groups is 2. The van der Waals surface area contributed by atoms with Crippen molar-refractivity contribution in [1.82, 2.24) is 10.2 Å². The van der Waals surface area contributed by atoms with E-state index < -0.39 is 6.10 Å². The fourth-order valence-corrected chi connectivity index (χ4v) is 3.13. The van der Waals surface area contributed by atoms with Crippen LogP contribution in [0.25, 0.3) is 0 Å². The number of aliphatic imine (C=N–C) groups is 1. The number of carbonyl (C=O) groups excluding carboxylic acids is 1. The van der Waals surface area contributed by atoms with Crippen LogP contribution in [0.5, 0.6) is 0 Å². The van der Waals surface area contributed by atoms with Crippen LogP contribution in [0, 0.1) is 0 Å². The van der Waals surface area contributed by atoms with Crippen molar-refractivity contribution in [1.29, 1.82) is 0 Å². The van der Waals surface area contributed by atoms with Crippen molar-refractivity contribution in [3.8, 4) is 0 Å². The largest absolute Gasteiger partial charge is 0.395 e. The van der Waals surface area contributed by atoms with Gasteiger partial charge >= 0.3 is 6.03 Å². The summed E-state index contributed by atoms with van der Waals surface area (Å²) in [6.45, 7) is 0.101. The smallest absolute Gasteiger partial charge is 0.326 e. The van der Waals surface area contributed by atoms with Gasteiger partial charge in [-0.25, -0.2) is 9.79 Å². The first-order valence-electron chi connectivity index (χ1n) is 4.93. The lowest BCUT2D eigenvalue weighted by molar-refractivity contribution is 0.127. The van der Waals surface area contributed by atoms with Crippen molar-refractivity contribution in [3.05, 3.63) is 0 Å². The van der Waals surface area contributed by atoms with Gasteiger partial charge in [0.05, 0.1) is 23.3 Å². The van der Waals surface area contributed by atoms with Crippen molar-refractivity contribution in [3.63, 3.8) is 0 Å². The first kappa shape index (κ1) is 11.5. The number of nitrogens with one attached hydrogen (secondary N) is 1. The summed E-state index contributed by atoms with van der Waals surface area (Å²) in [7, 11) is 0. The minimum absolute atomic E-state index is 0.0940. The molecule has 0 aromatic carbocycles. The SMILES string of the molecule is NC1=NCN([C@H]2C[C@@H](O)C(CO)S2)C(=O)N1. The fourth-order valence-electron chi connectivity index (χ4n) is 1.73. The highest BCUT2D eigenvalue weighted by molar-refractivity contribution is 8.00. The molecule has 8 heteroatoms. The topological polar surface area (TPSA) is 111 Å². The van der Waals surface area contributed by atoms with Gasteiger partial charge in [0.25, 0.3) is 0 Å². The zero-order chi connectivity index (χ0) is 11.7. The Kier molecular flexibility index (Phi) is 3.22. The number of thioether (sulfide) groups is 1. The summed E-state index contributed by atoms with van der Waals surface area (Å²) in [4.78, 5) is 17.0. The van der Waals surface area contributed by atoms with Gasteiger partial charge in [0.1, 0.15) is 6.67 Å². The van der Waals surface area contributed by atoms with Gasteiger partial charge in [-0.1, -0.05) is 0 Å². The van der Waals surface area contributed by atoms with Crippen LogP contribution in [-0.4, -0.2) is 57.1 Å². The number of amides is 2.